The first kappa shape index (κ1) is 10.4. The smallest absolute Gasteiger partial charge is 0.147 e. The van der Waals surface area contributed by atoms with E-state index in [0.717, 1.165) is 24.5 Å². The molecular formula is C11H18N4. The van der Waals surface area contributed by atoms with E-state index >= 15 is 0 Å². The van der Waals surface area contributed by atoms with Gasteiger partial charge in [-0.1, -0.05) is 12.8 Å². The van der Waals surface area contributed by atoms with E-state index in [0.29, 0.717) is 0 Å². The minimum Gasteiger partial charge on any atom is -0.308 e. The number of aryl methyl sites for hydroxylation is 2. The van der Waals surface area contributed by atoms with Crippen LogP contribution in [0.1, 0.15) is 42.8 Å². The molecule has 0 spiro atoms. The van der Waals surface area contributed by atoms with E-state index in [1.165, 1.54) is 36.9 Å². The third-order valence-corrected chi connectivity index (χ3v) is 2.93. The maximum atomic E-state index is 5.49. The molecular weight excluding hydrogens is 188 g/mol. The predicted molar refractivity (Wildman–Crippen MR) is 60.5 cm³/mol. The highest BCUT2D eigenvalue weighted by molar-refractivity contribution is 5.46. The fraction of sp³-hybridized carbons (Fsp3) is 0.636. The monoisotopic (exact) mass is 206 g/mol. The van der Waals surface area contributed by atoms with E-state index in [1.54, 1.807) is 0 Å². The minimum absolute atomic E-state index is 0.808. The molecule has 0 radical (unpaired) electrons. The SMILES string of the molecule is Cc1nc2c(c(NN)n1)CCCCCC2. The van der Waals surface area contributed by atoms with E-state index in [1.807, 2.05) is 6.92 Å². The fourth-order valence-electron chi connectivity index (χ4n) is 2.19. The molecule has 1 aromatic rings. The normalized spacial score (nSPS) is 16.4. The first-order chi connectivity index (χ1) is 7.31. The van der Waals surface area contributed by atoms with Gasteiger partial charge in [0.2, 0.25) is 0 Å². The Morgan fingerprint density at radius 2 is 1.80 bits per heavy atom. The van der Waals surface area contributed by atoms with Crippen LogP contribution in [0.25, 0.3) is 0 Å². The highest BCUT2D eigenvalue weighted by Gasteiger charge is 2.13. The van der Waals surface area contributed by atoms with Gasteiger partial charge in [-0.15, -0.1) is 0 Å². The van der Waals surface area contributed by atoms with Crippen LogP contribution in [0.5, 0.6) is 0 Å². The molecule has 0 unspecified atom stereocenters. The molecule has 1 heterocycles. The number of fused-ring (bicyclic) bond motifs is 1. The van der Waals surface area contributed by atoms with E-state index in [9.17, 15) is 0 Å². The number of nitrogens with one attached hydrogen (secondary N) is 1. The lowest BCUT2D eigenvalue weighted by atomic mass is 9.97. The molecule has 15 heavy (non-hydrogen) atoms. The highest BCUT2D eigenvalue weighted by atomic mass is 15.3. The van der Waals surface area contributed by atoms with Crippen LogP contribution in [-0.2, 0) is 12.8 Å². The molecule has 0 aromatic carbocycles. The summed E-state index contributed by atoms with van der Waals surface area (Å²) >= 11 is 0. The third kappa shape index (κ3) is 2.26. The van der Waals surface area contributed by atoms with Crippen molar-refractivity contribution in [1.29, 1.82) is 0 Å². The molecule has 82 valence electrons. The number of anilines is 1. The number of rotatable bonds is 1. The molecule has 2 rings (SSSR count). The van der Waals surface area contributed by atoms with Gasteiger partial charge >= 0.3 is 0 Å². The molecule has 3 N–H and O–H groups in total. The summed E-state index contributed by atoms with van der Waals surface area (Å²) < 4.78 is 0. The zero-order chi connectivity index (χ0) is 10.7. The fourth-order valence-corrected chi connectivity index (χ4v) is 2.19. The molecule has 0 saturated carbocycles. The van der Waals surface area contributed by atoms with Gasteiger partial charge in [0.1, 0.15) is 11.6 Å². The van der Waals surface area contributed by atoms with Gasteiger partial charge in [0, 0.05) is 11.3 Å². The molecule has 1 aliphatic carbocycles. The van der Waals surface area contributed by atoms with Gasteiger partial charge in [0.15, 0.2) is 0 Å². The Kier molecular flexibility index (Phi) is 3.16. The standard InChI is InChI=1S/C11H18N4/c1-8-13-10-7-5-3-2-4-6-9(10)11(14-8)15-12/h2-7,12H2,1H3,(H,13,14,15). The lowest BCUT2D eigenvalue weighted by Crippen LogP contribution is -2.16. The largest absolute Gasteiger partial charge is 0.308 e. The van der Waals surface area contributed by atoms with Crippen LogP contribution in [0.2, 0.25) is 0 Å². The Morgan fingerprint density at radius 3 is 2.53 bits per heavy atom. The van der Waals surface area contributed by atoms with Crippen molar-refractivity contribution < 1.29 is 0 Å². The summed E-state index contributed by atoms with van der Waals surface area (Å²) in [5, 5.41) is 0. The molecule has 0 amide bonds. The number of nitrogens with zero attached hydrogens (tertiary/aromatic N) is 2. The Morgan fingerprint density at radius 1 is 1.07 bits per heavy atom. The zero-order valence-corrected chi connectivity index (χ0v) is 9.21. The number of hydrogen-bond acceptors (Lipinski definition) is 4. The summed E-state index contributed by atoms with van der Waals surface area (Å²) in [6, 6.07) is 0. The summed E-state index contributed by atoms with van der Waals surface area (Å²) in [5.74, 6) is 7.12. The summed E-state index contributed by atoms with van der Waals surface area (Å²) in [5.41, 5.74) is 5.11. The molecule has 1 aliphatic rings. The van der Waals surface area contributed by atoms with E-state index in [2.05, 4.69) is 15.4 Å². The van der Waals surface area contributed by atoms with Crippen molar-refractivity contribution in [3.8, 4) is 0 Å². The summed E-state index contributed by atoms with van der Waals surface area (Å²) in [6.45, 7) is 1.92. The molecule has 1 aromatic heterocycles. The first-order valence-corrected chi connectivity index (χ1v) is 5.64. The van der Waals surface area contributed by atoms with Gasteiger partial charge in [0.25, 0.3) is 0 Å². The van der Waals surface area contributed by atoms with Crippen LogP contribution in [0.3, 0.4) is 0 Å². The Balaban J connectivity index is 2.40. The summed E-state index contributed by atoms with van der Waals surface area (Å²) in [7, 11) is 0. The zero-order valence-electron chi connectivity index (χ0n) is 9.21. The average Bonchev–Trinajstić information content (AvgIpc) is 2.19. The molecule has 0 aliphatic heterocycles. The van der Waals surface area contributed by atoms with Crippen molar-refractivity contribution in [2.24, 2.45) is 5.84 Å². The van der Waals surface area contributed by atoms with Crippen LogP contribution < -0.4 is 11.3 Å². The predicted octanol–water partition coefficient (Wildman–Crippen LogP) is 1.73. The lowest BCUT2D eigenvalue weighted by molar-refractivity contribution is 0.605. The van der Waals surface area contributed by atoms with Crippen molar-refractivity contribution in [1.82, 2.24) is 9.97 Å². The lowest BCUT2D eigenvalue weighted by Gasteiger charge is -2.16. The molecule has 0 fully saturated rings. The van der Waals surface area contributed by atoms with Gasteiger partial charge in [0.05, 0.1) is 0 Å². The third-order valence-electron chi connectivity index (χ3n) is 2.93. The Bertz CT molecular complexity index is 349. The maximum absolute atomic E-state index is 5.49. The van der Waals surface area contributed by atoms with Gasteiger partial charge in [-0.25, -0.2) is 15.8 Å². The average molecular weight is 206 g/mol. The molecule has 0 bridgehead atoms. The van der Waals surface area contributed by atoms with Crippen molar-refractivity contribution in [2.75, 3.05) is 5.43 Å². The Labute approximate surface area is 90.3 Å². The van der Waals surface area contributed by atoms with Gasteiger partial charge < -0.3 is 5.43 Å². The second-order valence-corrected chi connectivity index (χ2v) is 4.10. The quantitative estimate of drug-likeness (QED) is 0.542. The van der Waals surface area contributed by atoms with Crippen LogP contribution in [0.15, 0.2) is 0 Å². The highest BCUT2D eigenvalue weighted by Crippen LogP contribution is 2.23. The van der Waals surface area contributed by atoms with E-state index < -0.39 is 0 Å². The number of hydrogen-bond donors (Lipinski definition) is 2. The second kappa shape index (κ2) is 4.57. The van der Waals surface area contributed by atoms with Crippen molar-refractivity contribution in [3.63, 3.8) is 0 Å². The van der Waals surface area contributed by atoms with E-state index in [-0.39, 0.29) is 0 Å². The maximum Gasteiger partial charge on any atom is 0.147 e. The van der Waals surface area contributed by atoms with Crippen molar-refractivity contribution in [3.05, 3.63) is 17.1 Å². The molecule has 4 nitrogen and oxygen atoms in total. The number of nitrogen functional groups attached to an aromatic ring is 1. The topological polar surface area (TPSA) is 63.8 Å². The van der Waals surface area contributed by atoms with Crippen molar-refractivity contribution in [2.45, 2.75) is 45.4 Å². The summed E-state index contributed by atoms with van der Waals surface area (Å²) in [4.78, 5) is 8.85. The first-order valence-electron chi connectivity index (χ1n) is 5.64. The van der Waals surface area contributed by atoms with E-state index in [4.69, 9.17) is 5.84 Å². The van der Waals surface area contributed by atoms with Crippen LogP contribution in [-0.4, -0.2) is 9.97 Å². The minimum atomic E-state index is 0.808. The molecule has 0 atom stereocenters. The van der Waals surface area contributed by atoms with Gasteiger partial charge in [-0.2, -0.15) is 0 Å². The van der Waals surface area contributed by atoms with Crippen LogP contribution in [0, 0.1) is 6.92 Å². The van der Waals surface area contributed by atoms with Crippen LogP contribution in [0.4, 0.5) is 5.82 Å². The van der Waals surface area contributed by atoms with Gasteiger partial charge in [-0.05, 0) is 32.6 Å². The molecule has 0 saturated heterocycles. The van der Waals surface area contributed by atoms with Gasteiger partial charge in [-0.3, -0.25) is 0 Å². The van der Waals surface area contributed by atoms with Crippen LogP contribution >= 0.6 is 0 Å². The second-order valence-electron chi connectivity index (χ2n) is 4.10. The summed E-state index contributed by atoms with van der Waals surface area (Å²) in [6.07, 6.45) is 7.18. The number of hydrazine groups is 1. The Hall–Kier alpha value is -1.16. The number of nitrogens with two attached hydrogens (primary N) is 1. The molecule has 4 heteroatoms. The van der Waals surface area contributed by atoms with Crippen molar-refractivity contribution >= 4 is 5.82 Å². The number of aromatic nitrogens is 2.